The van der Waals surface area contributed by atoms with Crippen LogP contribution in [-0.4, -0.2) is 12.6 Å². The largest absolute Gasteiger partial charge is 0.310 e. The predicted octanol–water partition coefficient (Wildman–Crippen LogP) is 7.33. The highest BCUT2D eigenvalue weighted by Gasteiger charge is 2.45. The molecule has 1 fully saturated rings. The SMILES string of the molecule is CC/C(C)=C(/C=C(\C)[C@@](C)(NC)[C@H](C)c1ccc(C2(C#N)CC2)cc1)c1cc(C#N)ccc1C. The number of nitriles is 2. The van der Waals surface area contributed by atoms with Crippen LogP contribution in [0.15, 0.2) is 59.7 Å². The zero-order valence-electron chi connectivity index (χ0n) is 21.7. The number of nitrogens with zero attached hydrogens (tertiary/aromatic N) is 2. The van der Waals surface area contributed by atoms with Crippen LogP contribution < -0.4 is 5.32 Å². The Bertz CT molecular complexity index is 1200. The first-order valence-electron chi connectivity index (χ1n) is 12.3. The van der Waals surface area contributed by atoms with Gasteiger partial charge in [0.25, 0.3) is 0 Å². The van der Waals surface area contributed by atoms with Crippen molar-refractivity contribution in [3.8, 4) is 12.1 Å². The molecule has 0 spiro atoms. The standard InChI is InChI=1S/C31H37N3/c1-8-21(2)28(29-18-25(19-32)10-9-22(29)3)17-23(4)30(6,34-7)24(5)26-11-13-27(14-12-26)31(20-33)15-16-31/h9-14,17-18,24,34H,8,15-16H2,1-7H3/b23-17+,28-21-/t24-,30-/m1/s1. The van der Waals surface area contributed by atoms with Crippen molar-refractivity contribution >= 4 is 5.57 Å². The highest BCUT2D eigenvalue weighted by molar-refractivity contribution is 5.80. The van der Waals surface area contributed by atoms with Gasteiger partial charge in [0.15, 0.2) is 0 Å². The van der Waals surface area contributed by atoms with E-state index in [2.05, 4.69) is 89.3 Å². The molecule has 34 heavy (non-hydrogen) atoms. The van der Waals surface area contributed by atoms with Gasteiger partial charge in [-0.1, -0.05) is 61.4 Å². The highest BCUT2D eigenvalue weighted by Crippen LogP contribution is 2.48. The molecule has 0 aliphatic heterocycles. The van der Waals surface area contributed by atoms with Crippen molar-refractivity contribution < 1.29 is 0 Å². The summed E-state index contributed by atoms with van der Waals surface area (Å²) in [5.41, 5.74) is 8.60. The molecule has 176 valence electrons. The number of rotatable bonds is 8. The van der Waals surface area contributed by atoms with Crippen LogP contribution in [0.25, 0.3) is 5.57 Å². The smallest absolute Gasteiger partial charge is 0.0991 e. The third-order valence-electron chi connectivity index (χ3n) is 8.14. The van der Waals surface area contributed by atoms with Crippen LogP contribution in [0.4, 0.5) is 0 Å². The van der Waals surface area contributed by atoms with Gasteiger partial charge in [-0.3, -0.25) is 0 Å². The van der Waals surface area contributed by atoms with E-state index in [4.69, 9.17) is 0 Å². The maximum atomic E-state index is 9.53. The highest BCUT2D eigenvalue weighted by atomic mass is 14.9. The third-order valence-corrected chi connectivity index (χ3v) is 8.14. The van der Waals surface area contributed by atoms with E-state index in [9.17, 15) is 10.5 Å². The van der Waals surface area contributed by atoms with Gasteiger partial charge in [-0.15, -0.1) is 0 Å². The van der Waals surface area contributed by atoms with Crippen LogP contribution in [0, 0.1) is 29.6 Å². The van der Waals surface area contributed by atoms with Crippen molar-refractivity contribution in [3.63, 3.8) is 0 Å². The van der Waals surface area contributed by atoms with Crippen molar-refractivity contribution in [3.05, 3.63) is 87.5 Å². The first kappa shape index (κ1) is 25.5. The molecule has 0 unspecified atom stereocenters. The van der Waals surface area contributed by atoms with Crippen LogP contribution >= 0.6 is 0 Å². The minimum Gasteiger partial charge on any atom is -0.310 e. The van der Waals surface area contributed by atoms with Gasteiger partial charge in [0, 0.05) is 11.5 Å². The summed E-state index contributed by atoms with van der Waals surface area (Å²) in [6, 6.07) is 19.4. The summed E-state index contributed by atoms with van der Waals surface area (Å²) in [7, 11) is 2.02. The zero-order valence-corrected chi connectivity index (χ0v) is 21.7. The molecule has 2 aromatic carbocycles. The van der Waals surface area contributed by atoms with E-state index in [1.165, 1.54) is 27.8 Å². The van der Waals surface area contributed by atoms with E-state index in [-0.39, 0.29) is 16.9 Å². The Morgan fingerprint density at radius 2 is 1.79 bits per heavy atom. The molecule has 1 saturated carbocycles. The molecule has 2 atom stereocenters. The minimum absolute atomic E-state index is 0.217. The van der Waals surface area contributed by atoms with Crippen molar-refractivity contribution in [2.45, 2.75) is 77.7 Å². The molecule has 1 aliphatic carbocycles. The lowest BCUT2D eigenvalue weighted by Crippen LogP contribution is -2.45. The summed E-state index contributed by atoms with van der Waals surface area (Å²) in [5.74, 6) is 0.217. The summed E-state index contributed by atoms with van der Waals surface area (Å²) in [6.45, 7) is 13.2. The second-order valence-electron chi connectivity index (χ2n) is 10.0. The van der Waals surface area contributed by atoms with E-state index in [0.717, 1.165) is 30.4 Å². The molecule has 0 heterocycles. The number of aryl methyl sites for hydroxylation is 1. The lowest BCUT2D eigenvalue weighted by Gasteiger charge is -2.38. The summed E-state index contributed by atoms with van der Waals surface area (Å²) in [6.07, 6.45) is 5.18. The first-order chi connectivity index (χ1) is 16.2. The van der Waals surface area contributed by atoms with Gasteiger partial charge < -0.3 is 5.32 Å². The Morgan fingerprint density at radius 1 is 1.15 bits per heavy atom. The Balaban J connectivity index is 2.01. The number of allylic oxidation sites excluding steroid dienone is 3. The average molecular weight is 452 g/mol. The fraction of sp³-hybridized carbons (Fsp3) is 0.419. The lowest BCUT2D eigenvalue weighted by molar-refractivity contribution is 0.384. The quantitative estimate of drug-likeness (QED) is 0.427. The molecule has 3 nitrogen and oxygen atoms in total. The van der Waals surface area contributed by atoms with Crippen molar-refractivity contribution in [1.82, 2.24) is 5.32 Å². The van der Waals surface area contributed by atoms with E-state index in [0.29, 0.717) is 5.56 Å². The molecule has 3 rings (SSSR count). The molecule has 1 N–H and O–H groups in total. The average Bonchev–Trinajstić information content (AvgIpc) is 3.67. The molecular weight excluding hydrogens is 414 g/mol. The maximum absolute atomic E-state index is 9.53. The monoisotopic (exact) mass is 451 g/mol. The fourth-order valence-corrected chi connectivity index (χ4v) is 4.74. The summed E-state index contributed by atoms with van der Waals surface area (Å²) >= 11 is 0. The Labute approximate surface area is 205 Å². The van der Waals surface area contributed by atoms with Gasteiger partial charge in [-0.2, -0.15) is 10.5 Å². The molecule has 0 saturated heterocycles. The summed E-state index contributed by atoms with van der Waals surface area (Å²) in [5, 5.41) is 22.6. The second kappa shape index (κ2) is 10.0. The molecule has 3 heteroatoms. The molecule has 0 bridgehead atoms. The molecule has 0 amide bonds. The third kappa shape index (κ3) is 4.72. The van der Waals surface area contributed by atoms with Gasteiger partial charge in [0.2, 0.25) is 0 Å². The normalized spacial score (nSPS) is 18.2. The van der Waals surface area contributed by atoms with Gasteiger partial charge in [0.1, 0.15) is 0 Å². The summed E-state index contributed by atoms with van der Waals surface area (Å²) in [4.78, 5) is 0. The van der Waals surface area contributed by atoms with Crippen molar-refractivity contribution in [1.29, 1.82) is 10.5 Å². The number of benzene rings is 2. The maximum Gasteiger partial charge on any atom is 0.0991 e. The molecular formula is C31H37N3. The fourth-order valence-electron chi connectivity index (χ4n) is 4.74. The van der Waals surface area contributed by atoms with Crippen LogP contribution in [0.2, 0.25) is 0 Å². The molecule has 2 aromatic rings. The second-order valence-corrected chi connectivity index (χ2v) is 10.0. The predicted molar refractivity (Wildman–Crippen MR) is 141 cm³/mol. The Hall–Kier alpha value is -3.14. The number of hydrogen-bond acceptors (Lipinski definition) is 3. The van der Waals surface area contributed by atoms with E-state index >= 15 is 0 Å². The van der Waals surface area contributed by atoms with E-state index < -0.39 is 0 Å². The summed E-state index contributed by atoms with van der Waals surface area (Å²) < 4.78 is 0. The van der Waals surface area contributed by atoms with Crippen molar-refractivity contribution in [2.24, 2.45) is 0 Å². The van der Waals surface area contributed by atoms with Gasteiger partial charge >= 0.3 is 0 Å². The van der Waals surface area contributed by atoms with Crippen molar-refractivity contribution in [2.75, 3.05) is 7.05 Å². The zero-order chi connectivity index (χ0) is 25.1. The van der Waals surface area contributed by atoms with Gasteiger partial charge in [-0.25, -0.2) is 0 Å². The first-order valence-corrected chi connectivity index (χ1v) is 12.3. The lowest BCUT2D eigenvalue weighted by atomic mass is 9.75. The minimum atomic E-state index is -0.270. The molecule has 0 aromatic heterocycles. The van der Waals surface area contributed by atoms with Crippen LogP contribution in [-0.2, 0) is 5.41 Å². The topological polar surface area (TPSA) is 59.6 Å². The number of nitrogens with one attached hydrogen (secondary N) is 1. The van der Waals surface area contributed by atoms with Crippen LogP contribution in [0.5, 0.6) is 0 Å². The number of likely N-dealkylation sites (N-methyl/N-ethyl adjacent to an activating group) is 1. The van der Waals surface area contributed by atoms with Gasteiger partial charge in [0.05, 0.1) is 23.1 Å². The molecule has 1 aliphatic rings. The Morgan fingerprint density at radius 3 is 2.29 bits per heavy atom. The van der Waals surface area contributed by atoms with Gasteiger partial charge in [-0.05, 0) is 94.0 Å². The number of hydrogen-bond donors (Lipinski definition) is 1. The van der Waals surface area contributed by atoms with Crippen LogP contribution in [0.1, 0.15) is 87.6 Å². The van der Waals surface area contributed by atoms with E-state index in [1.54, 1.807) is 0 Å². The molecule has 0 radical (unpaired) electrons. The van der Waals surface area contributed by atoms with E-state index in [1.807, 2.05) is 25.2 Å². The van der Waals surface area contributed by atoms with Crippen LogP contribution in [0.3, 0.4) is 0 Å². The Kier molecular flexibility index (Phi) is 7.50.